The van der Waals surface area contributed by atoms with Crippen LogP contribution < -0.4 is 10.6 Å². The van der Waals surface area contributed by atoms with E-state index in [2.05, 4.69) is 4.98 Å². The molecule has 27 heavy (non-hydrogen) atoms. The SMILES string of the molecule is C[C@H](NP(=O)(O)OC[C@H]1O[C@@H](n2ccc(=O)[nH]c2=S)[C@](C)(O)C1O)C(=O)O. The fourth-order valence-corrected chi connectivity index (χ4v) is 3.78. The number of hydrogen-bond donors (Lipinski definition) is 6. The topological polar surface area (TPSA) is 183 Å². The van der Waals surface area contributed by atoms with Crippen molar-refractivity contribution in [1.29, 1.82) is 0 Å². The number of aromatic amines is 1. The summed E-state index contributed by atoms with van der Waals surface area (Å²) in [4.78, 5) is 34.0. The number of aromatic nitrogens is 2. The van der Waals surface area contributed by atoms with Crippen LogP contribution in [0.4, 0.5) is 0 Å². The lowest BCUT2D eigenvalue weighted by Crippen LogP contribution is -2.44. The lowest BCUT2D eigenvalue weighted by molar-refractivity contribution is -0.138. The van der Waals surface area contributed by atoms with Crippen LogP contribution in [0.15, 0.2) is 17.1 Å². The van der Waals surface area contributed by atoms with E-state index in [0.29, 0.717) is 0 Å². The van der Waals surface area contributed by atoms with E-state index < -0.39 is 56.0 Å². The van der Waals surface area contributed by atoms with E-state index in [0.717, 1.165) is 13.0 Å². The van der Waals surface area contributed by atoms with Gasteiger partial charge < -0.3 is 24.9 Å². The molecule has 1 aromatic rings. The minimum atomic E-state index is -4.51. The Morgan fingerprint density at radius 3 is 2.81 bits per heavy atom. The lowest BCUT2D eigenvalue weighted by Gasteiger charge is -2.28. The highest BCUT2D eigenvalue weighted by molar-refractivity contribution is 7.71. The fraction of sp³-hybridized carbons (Fsp3) is 0.615. The zero-order chi connectivity index (χ0) is 20.6. The molecule has 0 bridgehead atoms. The Bertz CT molecular complexity index is 869. The molecule has 152 valence electrons. The Hall–Kier alpha value is -1.44. The zero-order valence-corrected chi connectivity index (χ0v) is 16.0. The fourth-order valence-electron chi connectivity index (χ4n) is 2.50. The minimum Gasteiger partial charge on any atom is -0.480 e. The summed E-state index contributed by atoms with van der Waals surface area (Å²) in [6.45, 7) is 1.78. The summed E-state index contributed by atoms with van der Waals surface area (Å²) in [5.74, 6) is -1.36. The van der Waals surface area contributed by atoms with Crippen LogP contribution in [0.25, 0.3) is 0 Å². The van der Waals surface area contributed by atoms with Crippen LogP contribution in [-0.2, 0) is 18.6 Å². The highest BCUT2D eigenvalue weighted by Crippen LogP contribution is 2.42. The number of aliphatic hydroxyl groups is 2. The predicted octanol–water partition coefficient (Wildman–Crippen LogP) is -0.905. The monoisotopic (exact) mass is 425 g/mol. The normalized spacial score (nSPS) is 31.4. The van der Waals surface area contributed by atoms with Crippen molar-refractivity contribution < 1.29 is 38.8 Å². The van der Waals surface area contributed by atoms with Gasteiger partial charge in [0.2, 0.25) is 0 Å². The van der Waals surface area contributed by atoms with E-state index in [1.54, 1.807) is 0 Å². The number of carbonyl (C=O) groups is 1. The standard InChI is InChI=1S/C13H20N3O9PS/c1-6(10(19)20)15-26(22,23)24-5-7-9(18)13(2,21)11(25-7)16-4-3-8(17)14-12(16)27/h3-4,6-7,9,11,18,21H,5H2,1-2H3,(H,19,20)(H,14,17,27)(H2,15,22,23)/t6-,7+,9?,11+,13+/m0/s1. The third-order valence-corrected chi connectivity index (χ3v) is 5.52. The van der Waals surface area contributed by atoms with Crippen LogP contribution >= 0.6 is 20.0 Å². The third-order valence-electron chi connectivity index (χ3n) is 4.00. The number of hydrogen-bond acceptors (Lipinski definition) is 8. The summed E-state index contributed by atoms with van der Waals surface area (Å²) in [7, 11) is -4.51. The van der Waals surface area contributed by atoms with Gasteiger partial charge in [-0.2, -0.15) is 0 Å². The first kappa shape index (κ1) is 21.9. The van der Waals surface area contributed by atoms with Crippen molar-refractivity contribution >= 4 is 25.9 Å². The van der Waals surface area contributed by atoms with Crippen LogP contribution in [0.5, 0.6) is 0 Å². The molecule has 0 aromatic carbocycles. The van der Waals surface area contributed by atoms with Gasteiger partial charge in [0, 0.05) is 12.3 Å². The molecule has 2 unspecified atom stereocenters. The molecule has 0 aliphatic carbocycles. The smallest absolute Gasteiger partial charge is 0.403 e. The highest BCUT2D eigenvalue weighted by atomic mass is 32.1. The molecule has 1 aliphatic rings. The summed E-state index contributed by atoms with van der Waals surface area (Å²) < 4.78 is 23.3. The number of aliphatic hydroxyl groups excluding tert-OH is 1. The molecule has 14 heteroatoms. The van der Waals surface area contributed by atoms with Crippen molar-refractivity contribution in [2.24, 2.45) is 0 Å². The van der Waals surface area contributed by atoms with E-state index in [9.17, 15) is 29.3 Å². The van der Waals surface area contributed by atoms with Crippen LogP contribution in [0.2, 0.25) is 0 Å². The van der Waals surface area contributed by atoms with Crippen molar-refractivity contribution in [2.45, 2.75) is 43.9 Å². The van der Waals surface area contributed by atoms with Crippen molar-refractivity contribution in [2.75, 3.05) is 6.61 Å². The summed E-state index contributed by atoms with van der Waals surface area (Å²) in [5, 5.41) is 31.5. The Kier molecular flexibility index (Phi) is 6.39. The Morgan fingerprint density at radius 1 is 1.63 bits per heavy atom. The van der Waals surface area contributed by atoms with Crippen molar-refractivity contribution in [3.63, 3.8) is 0 Å². The number of carboxylic acid groups (broad SMARTS) is 1. The Labute approximate surface area is 158 Å². The second-order valence-corrected chi connectivity index (χ2v) is 8.16. The maximum atomic E-state index is 11.9. The number of rotatable bonds is 7. The summed E-state index contributed by atoms with van der Waals surface area (Å²) in [5.41, 5.74) is -2.33. The molecule has 1 aliphatic heterocycles. The second-order valence-electron chi connectivity index (χ2n) is 6.22. The van der Waals surface area contributed by atoms with Gasteiger partial charge in [0.25, 0.3) is 5.56 Å². The maximum absolute atomic E-state index is 11.9. The van der Waals surface area contributed by atoms with E-state index >= 15 is 0 Å². The molecule has 2 rings (SSSR count). The molecule has 0 saturated carbocycles. The zero-order valence-electron chi connectivity index (χ0n) is 14.3. The maximum Gasteiger partial charge on any atom is 0.403 e. The first-order chi connectivity index (χ1) is 12.3. The van der Waals surface area contributed by atoms with Crippen LogP contribution in [-0.4, -0.2) is 66.2 Å². The molecule has 0 spiro atoms. The molecule has 0 amide bonds. The van der Waals surface area contributed by atoms with Gasteiger partial charge in [-0.05, 0) is 26.1 Å². The average Bonchev–Trinajstić information content (AvgIpc) is 2.76. The van der Waals surface area contributed by atoms with Gasteiger partial charge in [0.15, 0.2) is 11.0 Å². The molecular weight excluding hydrogens is 405 g/mol. The number of aliphatic carboxylic acids is 1. The molecule has 1 aromatic heterocycles. The molecule has 12 nitrogen and oxygen atoms in total. The van der Waals surface area contributed by atoms with Crippen LogP contribution in [0.3, 0.4) is 0 Å². The van der Waals surface area contributed by atoms with Crippen LogP contribution in [0.1, 0.15) is 20.1 Å². The molecule has 6 atom stereocenters. The van der Waals surface area contributed by atoms with Gasteiger partial charge in [0.05, 0.1) is 6.61 Å². The quantitative estimate of drug-likeness (QED) is 0.235. The van der Waals surface area contributed by atoms with Gasteiger partial charge >= 0.3 is 13.7 Å². The summed E-state index contributed by atoms with van der Waals surface area (Å²) in [6, 6.07) is -0.213. The van der Waals surface area contributed by atoms with E-state index in [1.165, 1.54) is 17.7 Å². The Morgan fingerprint density at radius 2 is 2.26 bits per heavy atom. The van der Waals surface area contributed by atoms with Gasteiger partial charge in [-0.15, -0.1) is 0 Å². The third kappa shape index (κ3) is 4.89. The molecular formula is C13H20N3O9PS. The van der Waals surface area contributed by atoms with Gasteiger partial charge in [-0.25, -0.2) is 9.65 Å². The average molecular weight is 425 g/mol. The molecule has 1 fully saturated rings. The Balaban J connectivity index is 2.14. The number of nitrogens with one attached hydrogen (secondary N) is 2. The van der Waals surface area contributed by atoms with Gasteiger partial charge in [-0.1, -0.05) is 0 Å². The van der Waals surface area contributed by atoms with Crippen LogP contribution in [0, 0.1) is 4.77 Å². The first-order valence-corrected chi connectivity index (χ1v) is 9.69. The number of ether oxygens (including phenoxy) is 1. The number of nitrogens with zero attached hydrogens (tertiary/aromatic N) is 1. The summed E-state index contributed by atoms with van der Waals surface area (Å²) in [6.07, 6.45) is -2.72. The van der Waals surface area contributed by atoms with E-state index in [4.69, 9.17) is 26.6 Å². The molecule has 0 radical (unpaired) electrons. The lowest BCUT2D eigenvalue weighted by atomic mass is 9.96. The number of H-pyrrole nitrogens is 1. The second kappa shape index (κ2) is 7.89. The van der Waals surface area contributed by atoms with E-state index in [-0.39, 0.29) is 4.77 Å². The van der Waals surface area contributed by atoms with Crippen molar-refractivity contribution in [1.82, 2.24) is 14.6 Å². The predicted molar refractivity (Wildman–Crippen MR) is 92.4 cm³/mol. The minimum absolute atomic E-state index is 0.0636. The largest absolute Gasteiger partial charge is 0.480 e. The van der Waals surface area contributed by atoms with Gasteiger partial charge in [0.1, 0.15) is 23.9 Å². The van der Waals surface area contributed by atoms with Gasteiger partial charge in [-0.3, -0.25) is 23.7 Å². The van der Waals surface area contributed by atoms with E-state index in [1.807, 2.05) is 5.09 Å². The first-order valence-electron chi connectivity index (χ1n) is 7.70. The van der Waals surface area contributed by atoms with Crippen molar-refractivity contribution in [3.8, 4) is 0 Å². The molecule has 2 heterocycles. The molecule has 1 saturated heterocycles. The number of carboxylic acids is 1. The van der Waals surface area contributed by atoms with Crippen molar-refractivity contribution in [3.05, 3.63) is 27.4 Å². The molecule has 6 N–H and O–H groups in total. The highest BCUT2D eigenvalue weighted by Gasteiger charge is 2.53. The summed E-state index contributed by atoms with van der Waals surface area (Å²) >= 11 is 5.01.